The molecule has 0 atom stereocenters. The fraction of sp³-hybridized carbons (Fsp3) is 0.174. The standard InChI is InChI=1S/C23H20FN3O2S2/c1-3-26-22(28)20(31-23(26)30)13-16-14-27(17-8-6-5-7-9-17)25-21(16)15-10-11-19(29-4-2)18(24)12-15/h5-14H,3-4H2,1-2H3/b20-13-. The van der Waals surface area contributed by atoms with Gasteiger partial charge in [-0.25, -0.2) is 9.07 Å². The Morgan fingerprint density at radius 2 is 1.97 bits per heavy atom. The number of para-hydroxylation sites is 1. The summed E-state index contributed by atoms with van der Waals surface area (Å²) in [6, 6.07) is 14.4. The van der Waals surface area contributed by atoms with Crippen LogP contribution in [0.15, 0.2) is 59.6 Å². The summed E-state index contributed by atoms with van der Waals surface area (Å²) in [5.41, 5.74) is 2.71. The zero-order valence-electron chi connectivity index (χ0n) is 17.0. The topological polar surface area (TPSA) is 47.4 Å². The summed E-state index contributed by atoms with van der Waals surface area (Å²) in [4.78, 5) is 14.8. The van der Waals surface area contributed by atoms with E-state index in [1.807, 2.05) is 43.5 Å². The molecule has 158 valence electrons. The average Bonchev–Trinajstić information content (AvgIpc) is 3.31. The number of amides is 1. The SMILES string of the molecule is CCOc1ccc(-c2nn(-c3ccccc3)cc2/C=C2\SC(=S)N(CC)C2=O)cc1F. The summed E-state index contributed by atoms with van der Waals surface area (Å²) in [6.45, 7) is 4.58. The molecule has 1 aromatic heterocycles. The molecule has 4 rings (SSSR count). The summed E-state index contributed by atoms with van der Waals surface area (Å²) in [5, 5.41) is 4.69. The number of aromatic nitrogens is 2. The minimum Gasteiger partial charge on any atom is -0.491 e. The molecule has 0 bridgehead atoms. The average molecular weight is 454 g/mol. The summed E-state index contributed by atoms with van der Waals surface area (Å²) >= 11 is 6.58. The lowest BCUT2D eigenvalue weighted by molar-refractivity contribution is -0.121. The minimum atomic E-state index is -0.461. The quantitative estimate of drug-likeness (QED) is 0.375. The van der Waals surface area contributed by atoms with E-state index in [9.17, 15) is 9.18 Å². The van der Waals surface area contributed by atoms with Gasteiger partial charge in [-0.3, -0.25) is 9.69 Å². The first kappa shape index (κ1) is 21.3. The lowest BCUT2D eigenvalue weighted by Gasteiger charge is -2.09. The smallest absolute Gasteiger partial charge is 0.266 e. The Labute approximate surface area is 189 Å². The number of nitrogens with zero attached hydrogens (tertiary/aromatic N) is 3. The fourth-order valence-corrected chi connectivity index (χ4v) is 4.64. The number of hydrogen-bond acceptors (Lipinski definition) is 5. The van der Waals surface area contributed by atoms with Crippen LogP contribution >= 0.6 is 24.0 Å². The highest BCUT2D eigenvalue weighted by Crippen LogP contribution is 2.35. The van der Waals surface area contributed by atoms with Crippen LogP contribution in [0.1, 0.15) is 19.4 Å². The van der Waals surface area contributed by atoms with E-state index in [2.05, 4.69) is 0 Å². The van der Waals surface area contributed by atoms with Crippen LogP contribution in [0.2, 0.25) is 0 Å². The van der Waals surface area contributed by atoms with Crippen LogP contribution in [0.25, 0.3) is 23.0 Å². The van der Waals surface area contributed by atoms with Crippen LogP contribution < -0.4 is 4.74 Å². The van der Waals surface area contributed by atoms with E-state index in [1.54, 1.807) is 34.7 Å². The molecule has 8 heteroatoms. The molecule has 3 aromatic rings. The van der Waals surface area contributed by atoms with Gasteiger partial charge in [0.1, 0.15) is 10.0 Å². The Morgan fingerprint density at radius 1 is 1.19 bits per heavy atom. The molecule has 0 unspecified atom stereocenters. The van der Waals surface area contributed by atoms with E-state index < -0.39 is 5.82 Å². The van der Waals surface area contributed by atoms with E-state index >= 15 is 0 Å². The second-order valence-corrected chi connectivity index (χ2v) is 8.39. The largest absolute Gasteiger partial charge is 0.491 e. The number of benzene rings is 2. The normalized spacial score (nSPS) is 15.2. The second-order valence-electron chi connectivity index (χ2n) is 6.72. The van der Waals surface area contributed by atoms with Gasteiger partial charge >= 0.3 is 0 Å². The molecule has 1 aliphatic heterocycles. The predicted molar refractivity (Wildman–Crippen MR) is 126 cm³/mol. The Hall–Kier alpha value is -2.97. The van der Waals surface area contributed by atoms with E-state index in [0.717, 1.165) is 5.69 Å². The van der Waals surface area contributed by atoms with Gasteiger partial charge in [0.15, 0.2) is 11.6 Å². The number of ether oxygens (including phenoxy) is 1. The number of rotatable bonds is 6. The Balaban J connectivity index is 1.82. The van der Waals surface area contributed by atoms with Crippen LogP contribution in [0.5, 0.6) is 5.75 Å². The van der Waals surface area contributed by atoms with Crippen molar-refractivity contribution in [1.82, 2.24) is 14.7 Å². The lowest BCUT2D eigenvalue weighted by Crippen LogP contribution is -2.27. The molecule has 1 saturated heterocycles. The maximum atomic E-state index is 14.5. The van der Waals surface area contributed by atoms with Gasteiger partial charge in [-0.05, 0) is 50.3 Å². The molecule has 1 aliphatic rings. The van der Waals surface area contributed by atoms with Gasteiger partial charge in [0, 0.05) is 23.9 Å². The Morgan fingerprint density at radius 3 is 2.61 bits per heavy atom. The third-order valence-corrected chi connectivity index (χ3v) is 6.12. The molecular formula is C23H20FN3O2S2. The van der Waals surface area contributed by atoms with Crippen molar-refractivity contribution in [2.45, 2.75) is 13.8 Å². The zero-order chi connectivity index (χ0) is 22.0. The summed E-state index contributed by atoms with van der Waals surface area (Å²) in [6.07, 6.45) is 3.60. The van der Waals surface area contributed by atoms with Crippen LogP contribution in [-0.2, 0) is 4.79 Å². The zero-order valence-corrected chi connectivity index (χ0v) is 18.7. The number of likely N-dealkylation sites (N-methyl/N-ethyl adjacent to an activating group) is 1. The van der Waals surface area contributed by atoms with Crippen LogP contribution in [0.3, 0.4) is 0 Å². The van der Waals surface area contributed by atoms with E-state index in [0.29, 0.717) is 39.2 Å². The molecule has 1 amide bonds. The van der Waals surface area contributed by atoms with Crippen molar-refractivity contribution >= 4 is 40.3 Å². The molecule has 1 fully saturated rings. The van der Waals surface area contributed by atoms with Crippen molar-refractivity contribution in [3.8, 4) is 22.7 Å². The summed E-state index contributed by atoms with van der Waals surface area (Å²) in [5.74, 6) is -0.398. The third kappa shape index (κ3) is 4.26. The summed E-state index contributed by atoms with van der Waals surface area (Å²) < 4.78 is 22.1. The van der Waals surface area contributed by atoms with Gasteiger partial charge < -0.3 is 4.74 Å². The fourth-order valence-electron chi connectivity index (χ4n) is 3.26. The maximum Gasteiger partial charge on any atom is 0.266 e. The molecule has 5 nitrogen and oxygen atoms in total. The van der Waals surface area contributed by atoms with Crippen molar-refractivity contribution in [2.75, 3.05) is 13.2 Å². The van der Waals surface area contributed by atoms with Gasteiger partial charge in [-0.1, -0.05) is 42.2 Å². The summed E-state index contributed by atoms with van der Waals surface area (Å²) in [7, 11) is 0. The van der Waals surface area contributed by atoms with E-state index in [1.165, 1.54) is 17.8 Å². The number of halogens is 1. The molecular weight excluding hydrogens is 433 g/mol. The molecule has 0 spiro atoms. The van der Waals surface area contributed by atoms with Gasteiger partial charge in [0.2, 0.25) is 0 Å². The number of carbonyl (C=O) groups is 1. The van der Waals surface area contributed by atoms with Gasteiger partial charge in [0.05, 0.1) is 17.2 Å². The molecule has 2 heterocycles. The van der Waals surface area contributed by atoms with Gasteiger partial charge in [0.25, 0.3) is 5.91 Å². The minimum absolute atomic E-state index is 0.131. The first-order chi connectivity index (χ1) is 15.0. The van der Waals surface area contributed by atoms with E-state index in [-0.39, 0.29) is 11.7 Å². The van der Waals surface area contributed by atoms with Crippen molar-refractivity contribution in [2.24, 2.45) is 0 Å². The Bertz CT molecular complexity index is 1170. The van der Waals surface area contributed by atoms with Crippen molar-refractivity contribution in [1.29, 1.82) is 0 Å². The number of hydrogen-bond donors (Lipinski definition) is 0. The van der Waals surface area contributed by atoms with Crippen LogP contribution in [0, 0.1) is 5.82 Å². The lowest BCUT2D eigenvalue weighted by atomic mass is 10.1. The second kappa shape index (κ2) is 9.03. The van der Waals surface area contributed by atoms with E-state index in [4.69, 9.17) is 22.1 Å². The predicted octanol–water partition coefficient (Wildman–Crippen LogP) is 5.30. The molecule has 31 heavy (non-hydrogen) atoms. The highest BCUT2D eigenvalue weighted by atomic mass is 32.2. The maximum absolute atomic E-state index is 14.5. The van der Waals surface area contributed by atoms with Gasteiger partial charge in [-0.15, -0.1) is 0 Å². The molecule has 0 radical (unpaired) electrons. The van der Waals surface area contributed by atoms with Crippen molar-refractivity contribution < 1.29 is 13.9 Å². The third-order valence-electron chi connectivity index (χ3n) is 4.74. The molecule has 2 aromatic carbocycles. The molecule has 0 saturated carbocycles. The number of carbonyl (C=O) groups excluding carboxylic acids is 1. The number of thioether (sulfide) groups is 1. The van der Waals surface area contributed by atoms with Crippen molar-refractivity contribution in [3.05, 3.63) is 71.0 Å². The first-order valence-corrected chi connectivity index (χ1v) is 11.1. The van der Waals surface area contributed by atoms with Crippen LogP contribution in [-0.4, -0.2) is 38.1 Å². The number of thiocarbonyl (C=S) groups is 1. The highest BCUT2D eigenvalue weighted by Gasteiger charge is 2.31. The van der Waals surface area contributed by atoms with Crippen LogP contribution in [0.4, 0.5) is 4.39 Å². The Kier molecular flexibility index (Phi) is 6.20. The monoisotopic (exact) mass is 453 g/mol. The molecule has 0 N–H and O–H groups in total. The van der Waals surface area contributed by atoms with Gasteiger partial charge in [-0.2, -0.15) is 5.10 Å². The highest BCUT2D eigenvalue weighted by molar-refractivity contribution is 8.26. The van der Waals surface area contributed by atoms with Crippen molar-refractivity contribution in [3.63, 3.8) is 0 Å². The first-order valence-electron chi connectivity index (χ1n) is 9.85. The molecule has 0 aliphatic carbocycles.